The van der Waals surface area contributed by atoms with Gasteiger partial charge in [-0.25, -0.2) is 15.0 Å². The number of hydrogen-bond donors (Lipinski definition) is 2. The summed E-state index contributed by atoms with van der Waals surface area (Å²) in [7, 11) is 0. The van der Waals surface area contributed by atoms with Crippen molar-refractivity contribution in [3.05, 3.63) is 41.4 Å². The third-order valence-electron chi connectivity index (χ3n) is 4.17. The molecule has 0 unspecified atom stereocenters. The number of fused-ring (bicyclic) bond motifs is 1. The van der Waals surface area contributed by atoms with Gasteiger partial charge in [0.1, 0.15) is 0 Å². The lowest BCUT2D eigenvalue weighted by atomic mass is 10.3. The summed E-state index contributed by atoms with van der Waals surface area (Å²) >= 11 is 1.60. The molecule has 0 spiro atoms. The minimum absolute atomic E-state index is 0.00629. The molecule has 1 aliphatic heterocycles. The summed E-state index contributed by atoms with van der Waals surface area (Å²) in [5.74, 6) is 0.502. The van der Waals surface area contributed by atoms with E-state index in [1.807, 2.05) is 15.5 Å². The zero-order chi connectivity index (χ0) is 17.1. The van der Waals surface area contributed by atoms with Crippen molar-refractivity contribution < 1.29 is 4.79 Å². The van der Waals surface area contributed by atoms with E-state index in [1.54, 1.807) is 29.9 Å². The van der Waals surface area contributed by atoms with Crippen LogP contribution in [0.25, 0.3) is 4.96 Å². The Hall–Kier alpha value is -2.52. The van der Waals surface area contributed by atoms with E-state index in [-0.39, 0.29) is 5.91 Å². The van der Waals surface area contributed by atoms with Gasteiger partial charge >= 0.3 is 0 Å². The molecule has 1 fully saturated rings. The minimum atomic E-state index is -0.00629. The van der Waals surface area contributed by atoms with Crippen LogP contribution in [0.1, 0.15) is 22.5 Å². The van der Waals surface area contributed by atoms with Crippen molar-refractivity contribution in [1.29, 1.82) is 0 Å². The predicted molar refractivity (Wildman–Crippen MR) is 95.8 cm³/mol. The van der Waals surface area contributed by atoms with Crippen molar-refractivity contribution >= 4 is 28.2 Å². The van der Waals surface area contributed by atoms with Crippen molar-refractivity contribution in [3.8, 4) is 0 Å². The van der Waals surface area contributed by atoms with Gasteiger partial charge in [-0.15, -0.1) is 11.3 Å². The van der Waals surface area contributed by atoms with Crippen LogP contribution in [-0.4, -0.2) is 56.3 Å². The normalized spacial score (nSPS) is 15.3. The average molecular weight is 357 g/mol. The number of aromatic nitrogens is 4. The highest BCUT2D eigenvalue weighted by Crippen LogP contribution is 2.15. The van der Waals surface area contributed by atoms with Crippen molar-refractivity contribution in [2.75, 3.05) is 31.5 Å². The lowest BCUT2D eigenvalue weighted by molar-refractivity contribution is 0.0765. The molecule has 0 aromatic carbocycles. The zero-order valence-corrected chi connectivity index (χ0v) is 14.5. The van der Waals surface area contributed by atoms with Crippen molar-refractivity contribution in [3.63, 3.8) is 0 Å². The van der Waals surface area contributed by atoms with Gasteiger partial charge in [0.2, 0.25) is 5.95 Å². The number of anilines is 1. The molecule has 0 bridgehead atoms. The Morgan fingerprint density at radius 3 is 3.00 bits per heavy atom. The Labute approximate surface area is 148 Å². The Bertz CT molecular complexity index is 849. The van der Waals surface area contributed by atoms with E-state index < -0.39 is 0 Å². The summed E-state index contributed by atoms with van der Waals surface area (Å²) in [6, 6.07) is 0. The van der Waals surface area contributed by atoms with E-state index >= 15 is 0 Å². The highest BCUT2D eigenvalue weighted by Gasteiger charge is 2.17. The summed E-state index contributed by atoms with van der Waals surface area (Å²) in [5, 5.41) is 8.53. The van der Waals surface area contributed by atoms with Gasteiger partial charge in [-0.05, 0) is 13.0 Å². The van der Waals surface area contributed by atoms with Crippen LogP contribution in [0.15, 0.2) is 30.2 Å². The van der Waals surface area contributed by atoms with Crippen LogP contribution in [0.5, 0.6) is 0 Å². The second-order valence-electron chi connectivity index (χ2n) is 5.85. The van der Waals surface area contributed by atoms with E-state index in [4.69, 9.17) is 0 Å². The van der Waals surface area contributed by atoms with Gasteiger partial charge in [0.15, 0.2) is 4.96 Å². The number of rotatable bonds is 4. The lowest BCUT2D eigenvalue weighted by Crippen LogP contribution is -2.34. The molecule has 3 aromatic heterocycles. The first-order valence-corrected chi connectivity index (χ1v) is 9.14. The first kappa shape index (κ1) is 16.0. The van der Waals surface area contributed by atoms with E-state index in [0.29, 0.717) is 18.1 Å². The summed E-state index contributed by atoms with van der Waals surface area (Å²) in [6.07, 6.45) is 7.87. The molecule has 1 amide bonds. The monoisotopic (exact) mass is 357 g/mol. The Morgan fingerprint density at radius 1 is 1.24 bits per heavy atom. The van der Waals surface area contributed by atoms with Crippen LogP contribution in [0.2, 0.25) is 0 Å². The molecule has 9 heteroatoms. The van der Waals surface area contributed by atoms with Gasteiger partial charge in [-0.1, -0.05) is 0 Å². The minimum Gasteiger partial charge on any atom is -0.349 e. The molecule has 0 atom stereocenters. The molecule has 4 heterocycles. The smallest absolute Gasteiger partial charge is 0.257 e. The van der Waals surface area contributed by atoms with Gasteiger partial charge < -0.3 is 15.5 Å². The quantitative estimate of drug-likeness (QED) is 0.730. The third-order valence-corrected chi connectivity index (χ3v) is 5.07. The molecule has 130 valence electrons. The number of amides is 1. The first-order valence-electron chi connectivity index (χ1n) is 8.26. The van der Waals surface area contributed by atoms with Crippen molar-refractivity contribution in [2.24, 2.45) is 0 Å². The second-order valence-corrected chi connectivity index (χ2v) is 6.69. The Morgan fingerprint density at radius 2 is 2.12 bits per heavy atom. The molecule has 2 N–H and O–H groups in total. The standard InChI is InChI=1S/C16H19N7OS/c24-14(22-5-1-2-17-3-6-22)12-8-19-15(20-9-12)21-10-13-11-25-16-18-4-7-23(13)16/h4,7-9,11,17H,1-3,5-6,10H2,(H,19,20,21). The maximum Gasteiger partial charge on any atom is 0.257 e. The molecule has 4 rings (SSSR count). The van der Waals surface area contributed by atoms with E-state index in [0.717, 1.165) is 43.3 Å². The molecular weight excluding hydrogens is 338 g/mol. The maximum atomic E-state index is 12.5. The second kappa shape index (κ2) is 7.16. The van der Waals surface area contributed by atoms with Gasteiger partial charge in [0.05, 0.1) is 17.8 Å². The summed E-state index contributed by atoms with van der Waals surface area (Å²) < 4.78 is 2.03. The molecule has 1 saturated heterocycles. The Kier molecular flexibility index (Phi) is 4.57. The number of thiazole rings is 1. The maximum absolute atomic E-state index is 12.5. The lowest BCUT2D eigenvalue weighted by Gasteiger charge is -2.19. The van der Waals surface area contributed by atoms with E-state index in [2.05, 4.69) is 31.0 Å². The Balaban J connectivity index is 1.39. The molecule has 3 aromatic rings. The average Bonchev–Trinajstić information content (AvgIpc) is 3.15. The predicted octanol–water partition coefficient (Wildman–Crippen LogP) is 1.23. The number of hydrogen-bond acceptors (Lipinski definition) is 7. The number of imidazole rings is 1. The fourth-order valence-corrected chi connectivity index (χ4v) is 3.68. The van der Waals surface area contributed by atoms with Crippen LogP contribution < -0.4 is 10.6 Å². The van der Waals surface area contributed by atoms with Gasteiger partial charge in [-0.3, -0.25) is 9.20 Å². The van der Waals surface area contributed by atoms with Crippen LogP contribution >= 0.6 is 11.3 Å². The van der Waals surface area contributed by atoms with E-state index in [9.17, 15) is 4.79 Å². The molecule has 0 aliphatic carbocycles. The summed E-state index contributed by atoms with van der Waals surface area (Å²) in [4.78, 5) is 28.1. The molecule has 0 radical (unpaired) electrons. The van der Waals surface area contributed by atoms with Crippen molar-refractivity contribution in [2.45, 2.75) is 13.0 Å². The molecule has 1 aliphatic rings. The number of carbonyl (C=O) groups excluding carboxylic acids is 1. The zero-order valence-electron chi connectivity index (χ0n) is 13.7. The SMILES string of the molecule is O=C(c1cnc(NCc2csc3nccn23)nc1)N1CCCNCC1. The molecule has 8 nitrogen and oxygen atoms in total. The van der Waals surface area contributed by atoms with Gasteiger partial charge in [0, 0.05) is 49.8 Å². The first-order chi connectivity index (χ1) is 12.3. The largest absolute Gasteiger partial charge is 0.349 e. The number of nitrogens with zero attached hydrogens (tertiary/aromatic N) is 5. The number of nitrogens with one attached hydrogen (secondary N) is 2. The molecule has 25 heavy (non-hydrogen) atoms. The summed E-state index contributed by atoms with van der Waals surface area (Å²) in [5.41, 5.74) is 1.62. The van der Waals surface area contributed by atoms with E-state index in [1.165, 1.54) is 0 Å². The van der Waals surface area contributed by atoms with Gasteiger partial charge in [0.25, 0.3) is 5.91 Å². The third kappa shape index (κ3) is 3.47. The van der Waals surface area contributed by atoms with Gasteiger partial charge in [-0.2, -0.15) is 0 Å². The number of carbonyl (C=O) groups is 1. The fraction of sp³-hybridized carbons (Fsp3) is 0.375. The highest BCUT2D eigenvalue weighted by molar-refractivity contribution is 7.15. The molecular formula is C16H19N7OS. The highest BCUT2D eigenvalue weighted by atomic mass is 32.1. The van der Waals surface area contributed by atoms with Crippen molar-refractivity contribution in [1.82, 2.24) is 29.6 Å². The topological polar surface area (TPSA) is 87.5 Å². The fourth-order valence-electron chi connectivity index (χ4n) is 2.83. The van der Waals surface area contributed by atoms with Crippen LogP contribution in [0.4, 0.5) is 5.95 Å². The molecule has 0 saturated carbocycles. The summed E-state index contributed by atoms with van der Waals surface area (Å²) in [6.45, 7) is 3.87. The van der Waals surface area contributed by atoms with Crippen LogP contribution in [0.3, 0.4) is 0 Å². The van der Waals surface area contributed by atoms with Crippen LogP contribution in [-0.2, 0) is 6.54 Å². The van der Waals surface area contributed by atoms with Crippen LogP contribution in [0, 0.1) is 0 Å².